The van der Waals surface area contributed by atoms with Crippen LogP contribution in [0.1, 0.15) is 12.8 Å². The van der Waals surface area contributed by atoms with E-state index in [0.717, 1.165) is 19.4 Å². The molecule has 1 fully saturated rings. The number of nitrogens with zero attached hydrogens (tertiary/aromatic N) is 2. The van der Waals surface area contributed by atoms with Gasteiger partial charge in [-0.1, -0.05) is 0 Å². The number of rotatable bonds is 3. The van der Waals surface area contributed by atoms with Crippen molar-refractivity contribution < 1.29 is 14.2 Å². The number of halogens is 2. The lowest BCUT2D eigenvalue weighted by Gasteiger charge is -2.09. The van der Waals surface area contributed by atoms with Gasteiger partial charge < -0.3 is 20.1 Å². The minimum Gasteiger partial charge on any atom is -0.493 e. The van der Waals surface area contributed by atoms with Crippen LogP contribution in [0.3, 0.4) is 0 Å². The highest BCUT2D eigenvalue weighted by atomic mass is 79.9. The van der Waals surface area contributed by atoms with Gasteiger partial charge in [-0.3, -0.25) is 0 Å². The van der Waals surface area contributed by atoms with Gasteiger partial charge in [0.05, 0.1) is 11.6 Å². The predicted octanol–water partition coefficient (Wildman–Crippen LogP) is 3.91. The smallest absolute Gasteiger partial charge is 0.218 e. The molecule has 3 rings (SSSR count). The Balaban J connectivity index is 1.75. The van der Waals surface area contributed by atoms with Crippen molar-refractivity contribution in [1.82, 2.24) is 10.3 Å². The maximum Gasteiger partial charge on any atom is 0.218 e. The van der Waals surface area contributed by atoms with Crippen LogP contribution in [0, 0.1) is 5.82 Å². The zero-order valence-electron chi connectivity index (χ0n) is 12.0. The summed E-state index contributed by atoms with van der Waals surface area (Å²) in [7, 11) is 0. The SMILES string of the molecule is Oc1[nH]c2c(Br)cc(F)cc2c1N=NC(=S)NC[C@H]1CCCO1. The van der Waals surface area contributed by atoms with E-state index < -0.39 is 5.82 Å². The van der Waals surface area contributed by atoms with Crippen molar-refractivity contribution in [3.05, 3.63) is 22.4 Å². The highest BCUT2D eigenvalue weighted by Crippen LogP contribution is 2.39. The molecule has 0 radical (unpaired) electrons. The average molecular weight is 401 g/mol. The van der Waals surface area contributed by atoms with Crippen LogP contribution >= 0.6 is 28.1 Å². The van der Waals surface area contributed by atoms with Crippen LogP contribution in [0.2, 0.25) is 0 Å². The first-order valence-electron chi connectivity index (χ1n) is 7.05. The van der Waals surface area contributed by atoms with Crippen molar-refractivity contribution in [2.75, 3.05) is 13.2 Å². The summed E-state index contributed by atoms with van der Waals surface area (Å²) in [5, 5.41) is 21.3. The molecule has 1 aromatic heterocycles. The Kier molecular flexibility index (Phi) is 4.88. The summed E-state index contributed by atoms with van der Waals surface area (Å²) in [5.41, 5.74) is 0.678. The number of benzene rings is 1. The Labute approximate surface area is 145 Å². The lowest BCUT2D eigenvalue weighted by molar-refractivity contribution is 0.114. The molecule has 9 heteroatoms. The standard InChI is InChI=1S/C14H14BrFN4O2S/c15-10-5-7(16)4-9-11(10)18-13(21)12(9)19-20-14(23)17-6-8-2-1-3-22-8/h4-5,8,18,21H,1-3,6H2,(H,17,23)/t8-/m1/s1. The number of aromatic amines is 1. The minimum absolute atomic E-state index is 0.134. The third-order valence-electron chi connectivity index (χ3n) is 3.52. The fourth-order valence-electron chi connectivity index (χ4n) is 2.43. The number of nitrogens with one attached hydrogen (secondary N) is 2. The zero-order valence-corrected chi connectivity index (χ0v) is 14.4. The van der Waals surface area contributed by atoms with Crippen LogP contribution in [0.5, 0.6) is 5.88 Å². The Morgan fingerprint density at radius 1 is 1.57 bits per heavy atom. The third-order valence-corrected chi connectivity index (χ3v) is 4.38. The zero-order chi connectivity index (χ0) is 16.4. The van der Waals surface area contributed by atoms with Crippen molar-refractivity contribution >= 4 is 49.9 Å². The quantitative estimate of drug-likeness (QED) is 0.538. The first-order chi connectivity index (χ1) is 11.0. The highest BCUT2D eigenvalue weighted by Gasteiger charge is 2.16. The van der Waals surface area contributed by atoms with E-state index in [9.17, 15) is 9.50 Å². The molecule has 0 unspecified atom stereocenters. The van der Waals surface area contributed by atoms with Crippen LogP contribution in [-0.2, 0) is 4.74 Å². The number of aromatic nitrogens is 1. The molecular formula is C14H14BrFN4O2S. The number of aromatic hydroxyl groups is 1. The van der Waals surface area contributed by atoms with Crippen molar-refractivity contribution in [3.8, 4) is 5.88 Å². The van der Waals surface area contributed by atoms with Gasteiger partial charge in [0, 0.05) is 23.0 Å². The first-order valence-corrected chi connectivity index (χ1v) is 8.25. The van der Waals surface area contributed by atoms with Gasteiger partial charge in [0.15, 0.2) is 5.69 Å². The lowest BCUT2D eigenvalue weighted by atomic mass is 10.2. The van der Waals surface area contributed by atoms with Crippen molar-refractivity contribution in [1.29, 1.82) is 0 Å². The van der Waals surface area contributed by atoms with Gasteiger partial charge in [0.2, 0.25) is 11.0 Å². The second kappa shape index (κ2) is 6.90. The summed E-state index contributed by atoms with van der Waals surface area (Å²) in [5.74, 6) is -0.643. The summed E-state index contributed by atoms with van der Waals surface area (Å²) < 4.78 is 19.5. The Hall–Kier alpha value is -1.58. The van der Waals surface area contributed by atoms with Crippen molar-refractivity contribution in [2.24, 2.45) is 10.2 Å². The van der Waals surface area contributed by atoms with Gasteiger partial charge in [-0.05, 0) is 53.1 Å². The minimum atomic E-state index is -0.445. The number of hydrogen-bond acceptors (Lipinski definition) is 4. The number of thiocarbonyl (C=S) groups is 1. The summed E-state index contributed by atoms with van der Waals surface area (Å²) >= 11 is 8.31. The number of ether oxygens (including phenoxy) is 1. The summed E-state index contributed by atoms with van der Waals surface area (Å²) in [6.07, 6.45) is 2.17. The van der Waals surface area contributed by atoms with Crippen molar-refractivity contribution in [3.63, 3.8) is 0 Å². The molecule has 23 heavy (non-hydrogen) atoms. The largest absolute Gasteiger partial charge is 0.493 e. The van der Waals surface area contributed by atoms with E-state index in [1.54, 1.807) is 0 Å². The van der Waals surface area contributed by atoms with E-state index in [2.05, 4.69) is 36.5 Å². The number of fused-ring (bicyclic) bond motifs is 1. The molecule has 0 bridgehead atoms. The van der Waals surface area contributed by atoms with Crippen molar-refractivity contribution in [2.45, 2.75) is 18.9 Å². The Morgan fingerprint density at radius 2 is 2.39 bits per heavy atom. The molecule has 1 aliphatic heterocycles. The summed E-state index contributed by atoms with van der Waals surface area (Å²) in [6.45, 7) is 1.34. The van der Waals surface area contributed by atoms with Gasteiger partial charge in [0.25, 0.3) is 0 Å². The molecule has 0 amide bonds. The Bertz CT molecular complexity index is 774. The molecule has 1 aliphatic rings. The van der Waals surface area contributed by atoms with E-state index >= 15 is 0 Å². The second-order valence-electron chi connectivity index (χ2n) is 5.15. The molecule has 0 spiro atoms. The second-order valence-corrected chi connectivity index (χ2v) is 6.39. The van der Waals surface area contributed by atoms with Crippen LogP contribution < -0.4 is 5.32 Å². The summed E-state index contributed by atoms with van der Waals surface area (Å²) in [4.78, 5) is 2.73. The molecule has 1 saturated heterocycles. The molecule has 2 aromatic rings. The van der Waals surface area contributed by atoms with Gasteiger partial charge in [0.1, 0.15) is 5.82 Å². The van der Waals surface area contributed by atoms with Gasteiger partial charge in [-0.15, -0.1) is 10.2 Å². The molecule has 0 aliphatic carbocycles. The van der Waals surface area contributed by atoms with Crippen LogP contribution in [0.15, 0.2) is 26.8 Å². The van der Waals surface area contributed by atoms with Gasteiger partial charge in [-0.25, -0.2) is 4.39 Å². The topological polar surface area (TPSA) is 82.0 Å². The molecule has 3 N–H and O–H groups in total. The maximum atomic E-state index is 13.5. The highest BCUT2D eigenvalue weighted by molar-refractivity contribution is 9.10. The van der Waals surface area contributed by atoms with Crippen LogP contribution in [0.25, 0.3) is 10.9 Å². The molecule has 122 valence electrons. The number of hydrogen-bond donors (Lipinski definition) is 3. The molecule has 1 aromatic carbocycles. The molecule has 6 nitrogen and oxygen atoms in total. The lowest BCUT2D eigenvalue weighted by Crippen LogP contribution is -2.29. The van der Waals surface area contributed by atoms with E-state index in [1.165, 1.54) is 12.1 Å². The van der Waals surface area contributed by atoms with Crippen LogP contribution in [0.4, 0.5) is 10.1 Å². The summed E-state index contributed by atoms with van der Waals surface area (Å²) in [6, 6.07) is 2.57. The molecular weight excluding hydrogens is 387 g/mol. The van der Waals surface area contributed by atoms with E-state index in [-0.39, 0.29) is 22.8 Å². The third kappa shape index (κ3) is 3.67. The first kappa shape index (κ1) is 16.3. The van der Waals surface area contributed by atoms with E-state index in [4.69, 9.17) is 17.0 Å². The average Bonchev–Trinajstić information content (AvgIpc) is 3.11. The van der Waals surface area contributed by atoms with Gasteiger partial charge >= 0.3 is 0 Å². The fraction of sp³-hybridized carbons (Fsp3) is 0.357. The molecule has 1 atom stereocenters. The van der Waals surface area contributed by atoms with E-state index in [1.807, 2.05) is 0 Å². The molecule has 0 saturated carbocycles. The monoisotopic (exact) mass is 400 g/mol. The Morgan fingerprint density at radius 3 is 3.13 bits per heavy atom. The fourth-order valence-corrected chi connectivity index (χ4v) is 3.09. The number of azo groups is 1. The van der Waals surface area contributed by atoms with Crippen LogP contribution in [-0.4, -0.2) is 34.5 Å². The maximum absolute atomic E-state index is 13.5. The normalized spacial score (nSPS) is 18.1. The van der Waals surface area contributed by atoms with Gasteiger partial charge in [-0.2, -0.15) is 0 Å². The molecule has 2 heterocycles. The van der Waals surface area contributed by atoms with E-state index in [0.29, 0.717) is 21.9 Å². The predicted molar refractivity (Wildman–Crippen MR) is 91.7 cm³/mol. The number of H-pyrrole nitrogens is 1.